The summed E-state index contributed by atoms with van der Waals surface area (Å²) in [6.45, 7) is 6.85. The summed E-state index contributed by atoms with van der Waals surface area (Å²) in [5.41, 5.74) is 0.237. The maximum Gasteiger partial charge on any atom is 0.408 e. The number of carbonyl (C=O) groups excluding carboxylic acids is 2. The van der Waals surface area contributed by atoms with E-state index >= 15 is 0 Å². The molecule has 0 spiro atoms. The third-order valence-electron chi connectivity index (χ3n) is 2.45. The van der Waals surface area contributed by atoms with Crippen LogP contribution >= 0.6 is 11.6 Å². The van der Waals surface area contributed by atoms with E-state index in [0.29, 0.717) is 5.02 Å². The second-order valence-corrected chi connectivity index (χ2v) is 6.09. The molecular weight excluding hydrogens is 278 g/mol. The number of nitrogens with one attached hydrogen (secondary N) is 1. The number of hydrogen-bond acceptors (Lipinski definition) is 3. The molecule has 20 heavy (non-hydrogen) atoms. The lowest BCUT2D eigenvalue weighted by molar-refractivity contribution is -0.117. The minimum atomic E-state index is -0.579. The Bertz CT molecular complexity index is 477. The van der Waals surface area contributed by atoms with E-state index in [1.807, 2.05) is 0 Å². The highest BCUT2D eigenvalue weighted by Gasteiger charge is 2.21. The van der Waals surface area contributed by atoms with Gasteiger partial charge in [0, 0.05) is 11.4 Å². The molecular formula is C15H20ClNO3. The van der Waals surface area contributed by atoms with Crippen molar-refractivity contribution in [2.45, 2.75) is 45.8 Å². The van der Waals surface area contributed by atoms with E-state index in [1.54, 1.807) is 45.0 Å². The van der Waals surface area contributed by atoms with Crippen molar-refractivity contribution in [1.29, 1.82) is 0 Å². The van der Waals surface area contributed by atoms with Gasteiger partial charge in [-0.1, -0.05) is 23.7 Å². The molecule has 0 aliphatic carbocycles. The van der Waals surface area contributed by atoms with E-state index in [-0.39, 0.29) is 12.2 Å². The monoisotopic (exact) mass is 297 g/mol. The van der Waals surface area contributed by atoms with Crippen LogP contribution in [0.25, 0.3) is 0 Å². The number of ether oxygens (including phenoxy) is 1. The van der Waals surface area contributed by atoms with Gasteiger partial charge in [0.25, 0.3) is 0 Å². The standard InChI is InChI=1S/C15H20ClNO3/c1-10(18)9-13(11-5-7-12(16)8-6-11)17-14(19)20-15(2,3)4/h5-8,13H,9H2,1-4H3,(H,17,19). The molecule has 4 nitrogen and oxygen atoms in total. The summed E-state index contributed by atoms with van der Waals surface area (Å²) in [6.07, 6.45) is -0.334. The lowest BCUT2D eigenvalue weighted by Crippen LogP contribution is -2.35. The van der Waals surface area contributed by atoms with Crippen LogP contribution in [0.3, 0.4) is 0 Å². The largest absolute Gasteiger partial charge is 0.444 e. The highest BCUT2D eigenvalue weighted by atomic mass is 35.5. The minimum absolute atomic E-state index is 0.0130. The molecule has 0 aliphatic rings. The number of carbonyl (C=O) groups is 2. The fourth-order valence-corrected chi connectivity index (χ4v) is 1.81. The molecule has 1 aromatic carbocycles. The van der Waals surface area contributed by atoms with Gasteiger partial charge in [-0.3, -0.25) is 4.79 Å². The number of halogens is 1. The number of Topliss-reactive ketones (excluding diaryl/α,β-unsaturated/α-hetero) is 1. The van der Waals surface area contributed by atoms with Gasteiger partial charge in [0.2, 0.25) is 0 Å². The molecule has 1 atom stereocenters. The summed E-state index contributed by atoms with van der Waals surface area (Å²) in [6, 6.07) is 6.60. The van der Waals surface area contributed by atoms with Gasteiger partial charge in [-0.25, -0.2) is 4.79 Å². The molecule has 0 aliphatic heterocycles. The zero-order valence-corrected chi connectivity index (χ0v) is 13.0. The number of ketones is 1. The first-order valence-corrected chi connectivity index (χ1v) is 6.79. The Labute approximate surface area is 124 Å². The van der Waals surface area contributed by atoms with E-state index in [4.69, 9.17) is 16.3 Å². The molecule has 110 valence electrons. The molecule has 1 aromatic rings. The average molecular weight is 298 g/mol. The SMILES string of the molecule is CC(=O)CC(NC(=O)OC(C)(C)C)c1ccc(Cl)cc1. The average Bonchev–Trinajstić information content (AvgIpc) is 2.25. The van der Waals surface area contributed by atoms with Gasteiger partial charge in [0.1, 0.15) is 11.4 Å². The molecule has 1 rings (SSSR count). The minimum Gasteiger partial charge on any atom is -0.444 e. The van der Waals surface area contributed by atoms with Gasteiger partial charge in [-0.05, 0) is 45.4 Å². The molecule has 0 saturated carbocycles. The van der Waals surface area contributed by atoms with Crippen molar-refractivity contribution in [1.82, 2.24) is 5.32 Å². The smallest absolute Gasteiger partial charge is 0.408 e. The fourth-order valence-electron chi connectivity index (χ4n) is 1.68. The second-order valence-electron chi connectivity index (χ2n) is 5.66. The predicted molar refractivity (Wildman–Crippen MR) is 78.9 cm³/mol. The first-order valence-electron chi connectivity index (χ1n) is 6.42. The topological polar surface area (TPSA) is 55.4 Å². The molecule has 1 N–H and O–H groups in total. The first-order chi connectivity index (χ1) is 9.17. The Morgan fingerprint density at radius 3 is 2.25 bits per heavy atom. The second kappa shape index (κ2) is 6.75. The van der Waals surface area contributed by atoms with Crippen molar-refractivity contribution in [3.63, 3.8) is 0 Å². The van der Waals surface area contributed by atoms with E-state index in [1.165, 1.54) is 6.92 Å². The summed E-state index contributed by atoms with van der Waals surface area (Å²) < 4.78 is 5.21. The number of alkyl carbamates (subject to hydrolysis) is 1. The van der Waals surface area contributed by atoms with E-state index in [0.717, 1.165) is 5.56 Å². The lowest BCUT2D eigenvalue weighted by atomic mass is 10.0. The number of benzene rings is 1. The molecule has 0 aromatic heterocycles. The first kappa shape index (κ1) is 16.5. The highest BCUT2D eigenvalue weighted by molar-refractivity contribution is 6.30. The zero-order chi connectivity index (χ0) is 15.3. The summed E-state index contributed by atoms with van der Waals surface area (Å²) >= 11 is 5.84. The van der Waals surface area contributed by atoms with E-state index in [9.17, 15) is 9.59 Å². The van der Waals surface area contributed by atoms with E-state index < -0.39 is 17.7 Å². The molecule has 0 fully saturated rings. The molecule has 1 unspecified atom stereocenters. The quantitative estimate of drug-likeness (QED) is 0.917. The van der Waals surface area contributed by atoms with Crippen LogP contribution in [0, 0.1) is 0 Å². The van der Waals surface area contributed by atoms with Crippen LogP contribution in [0.4, 0.5) is 4.79 Å². The van der Waals surface area contributed by atoms with Crippen molar-refractivity contribution in [3.8, 4) is 0 Å². The molecule has 0 heterocycles. The maximum absolute atomic E-state index is 11.8. The van der Waals surface area contributed by atoms with Gasteiger partial charge in [-0.2, -0.15) is 0 Å². The molecule has 5 heteroatoms. The Morgan fingerprint density at radius 2 is 1.80 bits per heavy atom. The number of rotatable bonds is 4. The number of hydrogen-bond donors (Lipinski definition) is 1. The van der Waals surface area contributed by atoms with Crippen molar-refractivity contribution >= 4 is 23.5 Å². The summed E-state index contributed by atoms with van der Waals surface area (Å²) in [4.78, 5) is 23.2. The maximum atomic E-state index is 11.8. The van der Waals surface area contributed by atoms with Crippen molar-refractivity contribution in [2.75, 3.05) is 0 Å². The fraction of sp³-hybridized carbons (Fsp3) is 0.467. The third-order valence-corrected chi connectivity index (χ3v) is 2.71. The number of amides is 1. The molecule has 1 amide bonds. The van der Waals surface area contributed by atoms with Gasteiger partial charge in [-0.15, -0.1) is 0 Å². The van der Waals surface area contributed by atoms with Crippen molar-refractivity contribution in [3.05, 3.63) is 34.9 Å². The molecule has 0 saturated heterocycles. The van der Waals surface area contributed by atoms with Crippen molar-refractivity contribution in [2.24, 2.45) is 0 Å². The Morgan fingerprint density at radius 1 is 1.25 bits per heavy atom. The predicted octanol–water partition coefficient (Wildman–Crippen LogP) is 3.88. The lowest BCUT2D eigenvalue weighted by Gasteiger charge is -2.23. The third kappa shape index (κ3) is 6.06. The summed E-state index contributed by atoms with van der Waals surface area (Å²) in [7, 11) is 0. The summed E-state index contributed by atoms with van der Waals surface area (Å²) in [5, 5.41) is 3.32. The van der Waals surface area contributed by atoms with Gasteiger partial charge >= 0.3 is 6.09 Å². The highest BCUT2D eigenvalue weighted by Crippen LogP contribution is 2.20. The Balaban J connectivity index is 2.82. The molecule has 0 radical (unpaired) electrons. The van der Waals surface area contributed by atoms with Crippen molar-refractivity contribution < 1.29 is 14.3 Å². The zero-order valence-electron chi connectivity index (χ0n) is 12.2. The van der Waals surface area contributed by atoms with Crippen LogP contribution in [0.15, 0.2) is 24.3 Å². The Kier molecular flexibility index (Phi) is 5.57. The van der Waals surface area contributed by atoms with Crippen LogP contribution in [0.2, 0.25) is 5.02 Å². The van der Waals surface area contributed by atoms with Gasteiger partial charge in [0.15, 0.2) is 0 Å². The van der Waals surface area contributed by atoms with Crippen LogP contribution in [0.5, 0.6) is 0 Å². The van der Waals surface area contributed by atoms with Crippen LogP contribution in [-0.4, -0.2) is 17.5 Å². The van der Waals surface area contributed by atoms with Gasteiger partial charge < -0.3 is 10.1 Å². The Hall–Kier alpha value is -1.55. The normalized spacial score (nSPS) is 12.7. The molecule has 0 bridgehead atoms. The van der Waals surface area contributed by atoms with Crippen LogP contribution in [-0.2, 0) is 9.53 Å². The summed E-state index contributed by atoms with van der Waals surface area (Å²) in [5.74, 6) is -0.0130. The van der Waals surface area contributed by atoms with E-state index in [2.05, 4.69) is 5.32 Å². The van der Waals surface area contributed by atoms with Crippen LogP contribution in [0.1, 0.15) is 45.7 Å². The van der Waals surface area contributed by atoms with Gasteiger partial charge in [0.05, 0.1) is 6.04 Å². The van der Waals surface area contributed by atoms with Crippen LogP contribution < -0.4 is 5.32 Å².